The molecule has 2 fully saturated rings. The summed E-state index contributed by atoms with van der Waals surface area (Å²) in [6.45, 7) is 14.5. The van der Waals surface area contributed by atoms with Crippen molar-refractivity contribution < 1.29 is 47.7 Å². The number of amides is 6. The van der Waals surface area contributed by atoms with Gasteiger partial charge in [0.1, 0.15) is 22.7 Å². The van der Waals surface area contributed by atoms with Crippen molar-refractivity contribution in [1.29, 1.82) is 10.5 Å². The molecule has 0 radical (unpaired) electrons. The van der Waals surface area contributed by atoms with E-state index in [0.29, 0.717) is 142 Å². The van der Waals surface area contributed by atoms with Gasteiger partial charge < -0.3 is 48.8 Å². The number of carbonyl (C=O) groups is 6. The van der Waals surface area contributed by atoms with Crippen molar-refractivity contribution >= 4 is 129 Å². The minimum Gasteiger partial charge on any atom is -0.495 e. The molecule has 22 nitrogen and oxygen atoms in total. The Bertz CT molecular complexity index is 4790. The smallest absolute Gasteiger partial charge is 0.410 e. The van der Waals surface area contributed by atoms with E-state index in [1.807, 2.05) is 108 Å². The number of fused-ring (bicyclic) bond motifs is 4. The Hall–Kier alpha value is -10.6. The van der Waals surface area contributed by atoms with Gasteiger partial charge >= 0.3 is 12.2 Å². The van der Waals surface area contributed by atoms with Crippen LogP contribution in [0.15, 0.2) is 178 Å². The highest BCUT2D eigenvalue weighted by atomic mass is 33.1. The predicted molar refractivity (Wildman–Crippen MR) is 397 cm³/mol. The number of nitrogens with one attached hydrogen (secondary N) is 1. The van der Waals surface area contributed by atoms with E-state index in [9.17, 15) is 34.0 Å². The van der Waals surface area contributed by atoms with E-state index in [0.717, 1.165) is 49.1 Å². The SMILES string of the molecule is COc1cc(C(=O)N2CCN(C(=O)OC(C)(C)C)CC2)c2cccnc2c1SSc1c(OC)cc(C(=O)N2CCN(C(=O)OC(C)(C)C)CC2)c2cccnc12.N#Cc1cccc(C(=O)NCc2ccc(SSc3ccc(CN(C=O)c4cccc(C#N)c4)c4cccnc34)c3ncccc23)c1. The first-order chi connectivity index (χ1) is 49.2. The third-order valence-electron chi connectivity index (χ3n) is 16.5. The average Bonchev–Trinajstić information content (AvgIpc) is 0.769. The van der Waals surface area contributed by atoms with Crippen molar-refractivity contribution in [3.63, 3.8) is 0 Å². The first-order valence-corrected chi connectivity index (χ1v) is 36.8. The summed E-state index contributed by atoms with van der Waals surface area (Å²) >= 11 is 0. The number of aromatic nitrogens is 4. The van der Waals surface area contributed by atoms with Gasteiger partial charge in [-0.3, -0.25) is 39.1 Å². The minimum atomic E-state index is -0.606. The summed E-state index contributed by atoms with van der Waals surface area (Å²) in [5, 5.41) is 24.6. The lowest BCUT2D eigenvalue weighted by Gasteiger charge is -2.35. The van der Waals surface area contributed by atoms with Crippen LogP contribution < -0.4 is 19.7 Å². The lowest BCUT2D eigenvalue weighted by molar-refractivity contribution is -0.107. The van der Waals surface area contributed by atoms with Crippen molar-refractivity contribution in [3.05, 3.63) is 197 Å². The number of rotatable bonds is 17. The van der Waals surface area contributed by atoms with Gasteiger partial charge in [-0.05, 0) is 159 Å². The molecule has 2 aliphatic rings. The summed E-state index contributed by atoms with van der Waals surface area (Å²) in [4.78, 5) is 109. The zero-order valence-electron chi connectivity index (χ0n) is 57.3. The first-order valence-electron chi connectivity index (χ1n) is 32.5. The Balaban J connectivity index is 0.000000209. The van der Waals surface area contributed by atoms with Crippen LogP contribution in [0.5, 0.6) is 11.5 Å². The molecule has 10 aromatic rings. The Kier molecular flexibility index (Phi) is 23.0. The molecule has 2 aliphatic heterocycles. The second-order valence-corrected chi connectivity index (χ2v) is 29.9. The number of benzene rings is 6. The van der Waals surface area contributed by atoms with E-state index in [1.54, 1.807) is 152 Å². The summed E-state index contributed by atoms with van der Waals surface area (Å²) in [6.07, 6.45) is 6.85. The molecule has 6 aromatic carbocycles. The second-order valence-electron chi connectivity index (χ2n) is 25.6. The number of anilines is 1. The second kappa shape index (κ2) is 32.3. The van der Waals surface area contributed by atoms with Gasteiger partial charge in [0, 0.05) is 126 Å². The molecule has 6 heterocycles. The van der Waals surface area contributed by atoms with Gasteiger partial charge in [0.25, 0.3) is 17.7 Å². The Labute approximate surface area is 605 Å². The molecule has 0 bridgehead atoms. The van der Waals surface area contributed by atoms with Crippen LogP contribution in [0.2, 0.25) is 0 Å². The molecule has 2 saturated heterocycles. The summed E-state index contributed by atoms with van der Waals surface area (Å²) in [6, 6.07) is 44.3. The molecule has 102 heavy (non-hydrogen) atoms. The molecule has 4 aromatic heterocycles. The molecule has 1 N–H and O–H groups in total. The predicted octanol–water partition coefficient (Wildman–Crippen LogP) is 14.4. The molecule has 0 saturated carbocycles. The van der Waals surface area contributed by atoms with Crippen molar-refractivity contribution in [1.82, 2.24) is 44.9 Å². The molecule has 0 atom stereocenters. The summed E-state index contributed by atoms with van der Waals surface area (Å²) in [5.41, 5.74) is 6.39. The number of hydrogen-bond donors (Lipinski definition) is 1. The van der Waals surface area contributed by atoms with Crippen molar-refractivity contribution in [2.75, 3.05) is 71.5 Å². The lowest BCUT2D eigenvalue weighted by atomic mass is 10.1. The quantitative estimate of drug-likeness (QED) is 0.0655. The van der Waals surface area contributed by atoms with Gasteiger partial charge in [0.2, 0.25) is 6.41 Å². The highest BCUT2D eigenvalue weighted by Crippen LogP contribution is 2.51. The molecule has 520 valence electrons. The fourth-order valence-corrected chi connectivity index (χ4v) is 16.4. The van der Waals surface area contributed by atoms with Crippen LogP contribution >= 0.6 is 43.2 Å². The van der Waals surface area contributed by atoms with Crippen LogP contribution in [0.3, 0.4) is 0 Å². The van der Waals surface area contributed by atoms with Crippen molar-refractivity contribution in [2.45, 2.75) is 85.4 Å². The first kappa shape index (κ1) is 72.6. The number of hydrogen-bond acceptors (Lipinski definition) is 20. The lowest BCUT2D eigenvalue weighted by Crippen LogP contribution is -2.51. The highest BCUT2D eigenvalue weighted by Gasteiger charge is 2.33. The summed E-state index contributed by atoms with van der Waals surface area (Å²) < 4.78 is 22.8. The number of pyridine rings is 4. The highest BCUT2D eigenvalue weighted by molar-refractivity contribution is 8.77. The topological polar surface area (TPSA) is 267 Å². The van der Waals surface area contributed by atoms with Gasteiger partial charge in [-0.2, -0.15) is 10.5 Å². The fraction of sp³-hybridized carbons (Fsp3) is 0.263. The van der Waals surface area contributed by atoms with Gasteiger partial charge in [0.05, 0.1) is 87.0 Å². The van der Waals surface area contributed by atoms with Crippen LogP contribution in [0.4, 0.5) is 15.3 Å². The monoisotopic (exact) mass is 1440 g/mol. The molecule has 26 heteroatoms. The number of methoxy groups -OCH3 is 2. The third kappa shape index (κ3) is 17.0. The van der Waals surface area contributed by atoms with E-state index >= 15 is 0 Å². The van der Waals surface area contributed by atoms with E-state index in [4.69, 9.17) is 34.2 Å². The maximum absolute atomic E-state index is 14.0. The molecule has 6 amide bonds. The third-order valence-corrected chi connectivity index (χ3v) is 21.4. The number of carbonyl (C=O) groups excluding carboxylic acids is 6. The molecular formula is C76H72N12O10S4. The number of nitriles is 2. The molecule has 0 aliphatic carbocycles. The summed E-state index contributed by atoms with van der Waals surface area (Å²) in [7, 11) is 9.05. The van der Waals surface area contributed by atoms with Gasteiger partial charge in [0.15, 0.2) is 0 Å². The molecule has 0 unspecified atom stereocenters. The van der Waals surface area contributed by atoms with Crippen molar-refractivity contribution in [2.24, 2.45) is 0 Å². The van der Waals surface area contributed by atoms with Gasteiger partial charge in [-0.1, -0.05) is 70.1 Å². The normalized spacial score (nSPS) is 13.2. The standard InChI is InChI=1S/C40H48N6O8S2.C36H24N6O2S2/c1-39(2,3)53-37(49)45-19-15-43(16-20-45)35(47)27-23-29(51-7)33(31-25(27)11-9-13-41-31)55-56-34-30(52-8)24-28(26-12-10-14-42-32(26)34)36(48)44-17-21-46(22-18-44)38(50)54-40(4,5)6;37-19-24-5-1-7-26(17-24)36(44)41-21-27-11-13-32(34-30(27)9-3-15-39-34)45-46-33-14-12-28(31-10-4-16-40-35(31)33)22-42(23-43)29-8-2-6-25(18-29)20-38/h9-14,23-24H,15-22H2,1-8H3;1-18,23H,21-22H2,(H,41,44). The largest absolute Gasteiger partial charge is 0.495 e. The van der Waals surface area contributed by atoms with E-state index in [2.05, 4.69) is 27.4 Å². The average molecular weight is 1440 g/mol. The van der Waals surface area contributed by atoms with Gasteiger partial charge in [-0.25, -0.2) is 9.59 Å². The molecular weight excluding hydrogens is 1370 g/mol. The van der Waals surface area contributed by atoms with Crippen LogP contribution in [-0.4, -0.2) is 154 Å². The summed E-state index contributed by atoms with van der Waals surface area (Å²) in [5.74, 6) is 0.323. The van der Waals surface area contributed by atoms with Crippen LogP contribution in [0.1, 0.15) is 94.9 Å². The van der Waals surface area contributed by atoms with Gasteiger partial charge in [-0.15, -0.1) is 0 Å². The van der Waals surface area contributed by atoms with E-state index in [1.165, 1.54) is 21.6 Å². The van der Waals surface area contributed by atoms with E-state index in [-0.39, 0.29) is 17.7 Å². The minimum absolute atomic E-state index is 0.183. The zero-order chi connectivity index (χ0) is 72.2. The van der Waals surface area contributed by atoms with Crippen LogP contribution in [0.25, 0.3) is 43.6 Å². The van der Waals surface area contributed by atoms with Crippen LogP contribution in [-0.2, 0) is 27.4 Å². The number of piperazine rings is 2. The Morgan fingerprint density at radius 1 is 0.510 bits per heavy atom. The Morgan fingerprint density at radius 2 is 0.931 bits per heavy atom. The maximum atomic E-state index is 14.0. The fourth-order valence-electron chi connectivity index (χ4n) is 11.5. The van der Waals surface area contributed by atoms with Crippen molar-refractivity contribution in [3.8, 4) is 23.6 Å². The van der Waals surface area contributed by atoms with Crippen LogP contribution in [0, 0.1) is 22.7 Å². The number of nitrogens with zero attached hydrogens (tertiary/aromatic N) is 11. The zero-order valence-corrected chi connectivity index (χ0v) is 60.6. The molecule has 0 spiro atoms. The maximum Gasteiger partial charge on any atom is 0.410 e. The molecule has 12 rings (SSSR count). The van der Waals surface area contributed by atoms with E-state index < -0.39 is 23.4 Å². The Morgan fingerprint density at radius 3 is 1.38 bits per heavy atom. The number of ether oxygens (including phenoxy) is 4.